The molecule has 1 aliphatic rings. The summed E-state index contributed by atoms with van der Waals surface area (Å²) in [6.45, 7) is 2.49. The van der Waals surface area contributed by atoms with Crippen molar-refractivity contribution in [3.63, 3.8) is 0 Å². The maximum atomic E-state index is 10.1. The maximum Gasteiger partial charge on any atom is 0.160 e. The van der Waals surface area contributed by atoms with Gasteiger partial charge in [-0.15, -0.1) is 5.01 Å². The van der Waals surface area contributed by atoms with E-state index in [1.54, 1.807) is 0 Å². The van der Waals surface area contributed by atoms with Crippen LogP contribution in [-0.2, 0) is 0 Å². The molecule has 0 aromatic carbocycles. The number of rotatable bonds is 1. The number of nitro groups is 1. The first kappa shape index (κ1) is 9.16. The lowest BCUT2D eigenvalue weighted by Crippen LogP contribution is -2.46. The van der Waals surface area contributed by atoms with Gasteiger partial charge in [0, 0.05) is 13.1 Å². The van der Waals surface area contributed by atoms with Crippen molar-refractivity contribution in [2.24, 2.45) is 0 Å². The zero-order valence-corrected chi connectivity index (χ0v) is 5.04. The van der Waals surface area contributed by atoms with Gasteiger partial charge in [-0.1, -0.05) is 7.43 Å². The molecule has 1 rings (SSSR count). The predicted molar refractivity (Wildman–Crippen MR) is 38.2 cm³/mol. The van der Waals surface area contributed by atoms with Crippen LogP contribution in [0.1, 0.15) is 7.43 Å². The van der Waals surface area contributed by atoms with Gasteiger partial charge in [-0.05, 0) is 0 Å². The monoisotopic (exact) mass is 147 g/mol. The summed E-state index contributed by atoms with van der Waals surface area (Å²) >= 11 is 0. The van der Waals surface area contributed by atoms with Gasteiger partial charge in [-0.3, -0.25) is 0 Å². The molecule has 0 spiro atoms. The molecule has 5 heteroatoms. The highest BCUT2D eigenvalue weighted by Gasteiger charge is 2.15. The van der Waals surface area contributed by atoms with Crippen molar-refractivity contribution in [1.82, 2.24) is 10.3 Å². The minimum Gasteiger partial charge on any atom is -0.313 e. The maximum absolute atomic E-state index is 10.1. The van der Waals surface area contributed by atoms with Gasteiger partial charge < -0.3 is 5.32 Å². The van der Waals surface area contributed by atoms with Gasteiger partial charge in [-0.2, -0.15) is 0 Å². The van der Waals surface area contributed by atoms with Gasteiger partial charge in [0.05, 0.1) is 13.1 Å². The van der Waals surface area contributed by atoms with E-state index in [1.165, 1.54) is 5.01 Å². The molecule has 1 heterocycles. The molecule has 1 N–H and O–H groups in total. The molecule has 0 aliphatic carbocycles. The van der Waals surface area contributed by atoms with Crippen LogP contribution < -0.4 is 5.32 Å². The number of nitrogens with zero attached hydrogens (tertiary/aromatic N) is 2. The SMILES string of the molecule is C.O=[N+]([O-])N1CCNCC1. The second-order valence-corrected chi connectivity index (χ2v) is 1.94. The van der Waals surface area contributed by atoms with Gasteiger partial charge in [-0.25, -0.2) is 10.1 Å². The van der Waals surface area contributed by atoms with Crippen LogP contribution in [0.2, 0.25) is 0 Å². The lowest BCUT2D eigenvalue weighted by atomic mass is 10.4. The quantitative estimate of drug-likeness (QED) is 0.409. The third-order valence-electron chi connectivity index (χ3n) is 1.32. The molecule has 0 amide bonds. The first-order chi connectivity index (χ1) is 4.30. The van der Waals surface area contributed by atoms with Crippen LogP contribution in [-0.4, -0.2) is 36.2 Å². The molecule has 60 valence electrons. The van der Waals surface area contributed by atoms with Crippen molar-refractivity contribution in [2.45, 2.75) is 7.43 Å². The fourth-order valence-corrected chi connectivity index (χ4v) is 0.816. The van der Waals surface area contributed by atoms with Crippen molar-refractivity contribution in [1.29, 1.82) is 0 Å². The van der Waals surface area contributed by atoms with E-state index >= 15 is 0 Å². The molecule has 10 heavy (non-hydrogen) atoms. The smallest absolute Gasteiger partial charge is 0.160 e. The summed E-state index contributed by atoms with van der Waals surface area (Å²) in [7, 11) is 0. The Balaban J connectivity index is 0.000000810. The van der Waals surface area contributed by atoms with Crippen LogP contribution in [0.3, 0.4) is 0 Å². The van der Waals surface area contributed by atoms with Gasteiger partial charge in [0.2, 0.25) is 0 Å². The van der Waals surface area contributed by atoms with Crippen molar-refractivity contribution >= 4 is 0 Å². The Morgan fingerprint density at radius 3 is 2.20 bits per heavy atom. The van der Waals surface area contributed by atoms with Gasteiger partial charge in [0.15, 0.2) is 5.03 Å². The summed E-state index contributed by atoms with van der Waals surface area (Å²) in [6, 6.07) is 0. The average Bonchev–Trinajstić information content (AvgIpc) is 1.90. The normalized spacial score (nSPS) is 17.8. The zero-order valence-electron chi connectivity index (χ0n) is 5.04. The van der Waals surface area contributed by atoms with E-state index in [0.717, 1.165) is 13.1 Å². The number of hydrogen-bond acceptors (Lipinski definition) is 3. The second kappa shape index (κ2) is 4.05. The molecule has 0 atom stereocenters. The Morgan fingerprint density at radius 1 is 1.40 bits per heavy atom. The largest absolute Gasteiger partial charge is 0.313 e. The third kappa shape index (κ3) is 2.18. The molecule has 1 saturated heterocycles. The Labute approximate surface area is 60.1 Å². The Morgan fingerprint density at radius 2 is 1.90 bits per heavy atom. The molecule has 1 aliphatic heterocycles. The Kier molecular flexibility index (Phi) is 3.71. The summed E-state index contributed by atoms with van der Waals surface area (Å²) in [6.07, 6.45) is 0. The predicted octanol–water partition coefficient (Wildman–Crippen LogP) is -0.281. The van der Waals surface area contributed by atoms with Crippen LogP contribution in [0.25, 0.3) is 0 Å². The van der Waals surface area contributed by atoms with E-state index in [1.807, 2.05) is 0 Å². The highest BCUT2D eigenvalue weighted by atomic mass is 16.7. The summed E-state index contributed by atoms with van der Waals surface area (Å²) in [5, 5.41) is 14.0. The van der Waals surface area contributed by atoms with Crippen molar-refractivity contribution < 1.29 is 5.03 Å². The minimum atomic E-state index is -0.346. The van der Waals surface area contributed by atoms with E-state index in [9.17, 15) is 10.1 Å². The third-order valence-corrected chi connectivity index (χ3v) is 1.32. The fraction of sp³-hybridized carbons (Fsp3) is 1.00. The summed E-state index contributed by atoms with van der Waals surface area (Å²) in [5.41, 5.74) is 0. The molecule has 0 saturated carbocycles. The highest BCUT2D eigenvalue weighted by molar-refractivity contribution is 4.59. The van der Waals surface area contributed by atoms with Crippen LogP contribution in [0.4, 0.5) is 0 Å². The van der Waals surface area contributed by atoms with Gasteiger partial charge in [0.1, 0.15) is 0 Å². The molecule has 0 radical (unpaired) electrons. The van der Waals surface area contributed by atoms with E-state index in [2.05, 4.69) is 5.32 Å². The van der Waals surface area contributed by atoms with Crippen LogP contribution in [0.15, 0.2) is 0 Å². The van der Waals surface area contributed by atoms with Crippen LogP contribution >= 0.6 is 0 Å². The van der Waals surface area contributed by atoms with E-state index in [0.29, 0.717) is 13.1 Å². The Hall–Kier alpha value is -0.840. The van der Waals surface area contributed by atoms with Gasteiger partial charge >= 0.3 is 0 Å². The lowest BCUT2D eigenvalue weighted by Gasteiger charge is -2.19. The number of hydrogen-bond donors (Lipinski definition) is 1. The van der Waals surface area contributed by atoms with Gasteiger partial charge in [0.25, 0.3) is 0 Å². The number of hydrazine groups is 1. The standard InChI is InChI=1S/C4H9N3O2.CH4/c8-7(9)6-3-1-5-2-4-6;/h5H,1-4H2;1H4. The van der Waals surface area contributed by atoms with Crippen molar-refractivity contribution in [3.05, 3.63) is 10.1 Å². The zero-order chi connectivity index (χ0) is 6.69. The Bertz CT molecular complexity index is 111. The second-order valence-electron chi connectivity index (χ2n) is 1.94. The molecule has 1 fully saturated rings. The lowest BCUT2D eigenvalue weighted by molar-refractivity contribution is -0.656. The molecular formula is C5H13N3O2. The molecule has 0 aromatic heterocycles. The van der Waals surface area contributed by atoms with E-state index in [-0.39, 0.29) is 12.5 Å². The first-order valence-corrected chi connectivity index (χ1v) is 2.90. The van der Waals surface area contributed by atoms with Crippen molar-refractivity contribution in [3.8, 4) is 0 Å². The average molecular weight is 147 g/mol. The topological polar surface area (TPSA) is 58.4 Å². The molecular weight excluding hydrogens is 134 g/mol. The molecule has 0 unspecified atom stereocenters. The molecule has 0 bridgehead atoms. The highest BCUT2D eigenvalue weighted by Crippen LogP contribution is 1.89. The number of nitrogens with one attached hydrogen (secondary N) is 1. The number of piperazine rings is 1. The summed E-state index contributed by atoms with van der Waals surface area (Å²) in [5.74, 6) is 0. The van der Waals surface area contributed by atoms with Crippen LogP contribution in [0.5, 0.6) is 0 Å². The van der Waals surface area contributed by atoms with E-state index < -0.39 is 0 Å². The molecule has 5 nitrogen and oxygen atoms in total. The summed E-state index contributed by atoms with van der Waals surface area (Å²) < 4.78 is 0. The van der Waals surface area contributed by atoms with Crippen LogP contribution in [0, 0.1) is 10.1 Å². The first-order valence-electron chi connectivity index (χ1n) is 2.90. The molecule has 0 aromatic rings. The van der Waals surface area contributed by atoms with Crippen molar-refractivity contribution in [2.75, 3.05) is 26.2 Å². The fourth-order valence-electron chi connectivity index (χ4n) is 0.816. The van der Waals surface area contributed by atoms with E-state index in [4.69, 9.17) is 0 Å². The summed E-state index contributed by atoms with van der Waals surface area (Å²) in [4.78, 5) is 10.1. The minimum absolute atomic E-state index is 0.